The molecule has 0 radical (unpaired) electrons. The number of carbonyl (C=O) groups is 1. The zero-order chi connectivity index (χ0) is 19.3. The van der Waals surface area contributed by atoms with Crippen LogP contribution in [0.1, 0.15) is 22.0 Å². The molecular formula is C18H22N2O5S2. The van der Waals surface area contributed by atoms with Gasteiger partial charge in [0.2, 0.25) is 10.0 Å². The number of benzene rings is 1. The highest BCUT2D eigenvalue weighted by Crippen LogP contribution is 2.24. The van der Waals surface area contributed by atoms with Crippen LogP contribution < -0.4 is 4.72 Å². The molecule has 7 nitrogen and oxygen atoms in total. The van der Waals surface area contributed by atoms with Gasteiger partial charge >= 0.3 is 5.97 Å². The SMILES string of the molecule is COC(=O)c1ccc(S(=O)(=O)NCC(c2ccsc2)N2CCOCC2)cc1. The molecule has 0 spiro atoms. The molecule has 1 saturated heterocycles. The number of esters is 1. The summed E-state index contributed by atoms with van der Waals surface area (Å²) in [5.74, 6) is -0.503. The van der Waals surface area contributed by atoms with E-state index in [0.29, 0.717) is 18.8 Å². The van der Waals surface area contributed by atoms with E-state index in [2.05, 4.69) is 14.4 Å². The Morgan fingerprint density at radius 1 is 1.26 bits per heavy atom. The summed E-state index contributed by atoms with van der Waals surface area (Å²) in [4.78, 5) is 13.8. The third kappa shape index (κ3) is 4.94. The van der Waals surface area contributed by atoms with Crippen molar-refractivity contribution in [3.8, 4) is 0 Å². The summed E-state index contributed by atoms with van der Waals surface area (Å²) in [5.41, 5.74) is 1.39. The van der Waals surface area contributed by atoms with Crippen molar-refractivity contribution in [2.75, 3.05) is 40.0 Å². The van der Waals surface area contributed by atoms with Gasteiger partial charge < -0.3 is 9.47 Å². The maximum atomic E-state index is 12.7. The normalized spacial score (nSPS) is 16.8. The second kappa shape index (κ2) is 8.94. The van der Waals surface area contributed by atoms with Crippen molar-refractivity contribution in [3.63, 3.8) is 0 Å². The van der Waals surface area contributed by atoms with Gasteiger partial charge in [0.05, 0.1) is 30.8 Å². The quantitative estimate of drug-likeness (QED) is 0.702. The zero-order valence-corrected chi connectivity index (χ0v) is 16.6. The molecule has 0 saturated carbocycles. The van der Waals surface area contributed by atoms with Gasteiger partial charge in [0.1, 0.15) is 0 Å². The Morgan fingerprint density at radius 2 is 1.96 bits per heavy atom. The predicted octanol–water partition coefficient (Wildman–Crippen LogP) is 1.89. The first kappa shape index (κ1) is 20.0. The van der Waals surface area contributed by atoms with E-state index in [1.165, 1.54) is 31.4 Å². The fraction of sp³-hybridized carbons (Fsp3) is 0.389. The summed E-state index contributed by atoms with van der Waals surface area (Å²) >= 11 is 1.59. The number of nitrogens with one attached hydrogen (secondary N) is 1. The minimum atomic E-state index is -3.69. The first-order chi connectivity index (χ1) is 13.0. The van der Waals surface area contributed by atoms with Crippen LogP contribution in [-0.2, 0) is 19.5 Å². The second-order valence-electron chi connectivity index (χ2n) is 6.09. The van der Waals surface area contributed by atoms with E-state index in [0.717, 1.165) is 18.7 Å². The summed E-state index contributed by atoms with van der Waals surface area (Å²) in [5, 5.41) is 4.03. The largest absolute Gasteiger partial charge is 0.465 e. The van der Waals surface area contributed by atoms with Gasteiger partial charge in [0, 0.05) is 25.7 Å². The highest BCUT2D eigenvalue weighted by Gasteiger charge is 2.25. The van der Waals surface area contributed by atoms with Gasteiger partial charge in [-0.3, -0.25) is 4.90 Å². The first-order valence-electron chi connectivity index (χ1n) is 8.53. The Labute approximate surface area is 163 Å². The molecule has 1 atom stereocenters. The molecule has 9 heteroatoms. The Morgan fingerprint density at radius 3 is 2.56 bits per heavy atom. The third-order valence-corrected chi connectivity index (χ3v) is 6.61. The molecule has 1 N–H and O–H groups in total. The van der Waals surface area contributed by atoms with Gasteiger partial charge in [0.15, 0.2) is 0 Å². The van der Waals surface area contributed by atoms with Crippen LogP contribution >= 0.6 is 11.3 Å². The lowest BCUT2D eigenvalue weighted by molar-refractivity contribution is 0.0173. The molecule has 1 aromatic carbocycles. The molecule has 0 amide bonds. The average Bonchev–Trinajstić information content (AvgIpc) is 3.23. The van der Waals surface area contributed by atoms with Gasteiger partial charge in [0.25, 0.3) is 0 Å². The van der Waals surface area contributed by atoms with Gasteiger partial charge in [-0.05, 0) is 46.7 Å². The molecular weight excluding hydrogens is 388 g/mol. The number of morpholine rings is 1. The number of methoxy groups -OCH3 is 1. The second-order valence-corrected chi connectivity index (χ2v) is 8.64. The smallest absolute Gasteiger partial charge is 0.337 e. The molecule has 3 rings (SSSR count). The van der Waals surface area contributed by atoms with Gasteiger partial charge in [-0.2, -0.15) is 11.3 Å². The number of ether oxygens (including phenoxy) is 2. The summed E-state index contributed by atoms with van der Waals surface area (Å²) in [6, 6.07) is 7.66. The maximum Gasteiger partial charge on any atom is 0.337 e. The van der Waals surface area contributed by atoms with Gasteiger partial charge in [-0.15, -0.1) is 0 Å². The third-order valence-electron chi connectivity index (χ3n) is 4.47. The number of rotatable bonds is 7. The van der Waals surface area contributed by atoms with E-state index in [-0.39, 0.29) is 17.5 Å². The number of carbonyl (C=O) groups excluding carboxylic acids is 1. The van der Waals surface area contributed by atoms with Crippen LogP contribution in [0.3, 0.4) is 0 Å². The number of sulfonamides is 1. The van der Waals surface area contributed by atoms with E-state index in [9.17, 15) is 13.2 Å². The Balaban J connectivity index is 1.72. The van der Waals surface area contributed by atoms with Crippen molar-refractivity contribution in [1.82, 2.24) is 9.62 Å². The standard InChI is InChI=1S/C18H22N2O5S2/c1-24-18(21)14-2-4-16(5-3-14)27(22,23)19-12-17(15-6-11-26-13-15)20-7-9-25-10-8-20/h2-6,11,13,17,19H,7-10,12H2,1H3. The van der Waals surface area contributed by atoms with E-state index in [4.69, 9.17) is 4.74 Å². The van der Waals surface area contributed by atoms with E-state index in [1.54, 1.807) is 11.3 Å². The maximum absolute atomic E-state index is 12.7. The summed E-state index contributed by atoms with van der Waals surface area (Å²) in [6.07, 6.45) is 0. The lowest BCUT2D eigenvalue weighted by Crippen LogP contribution is -2.43. The topological polar surface area (TPSA) is 84.9 Å². The van der Waals surface area contributed by atoms with Crippen LogP contribution in [0.4, 0.5) is 0 Å². The Hall–Kier alpha value is -1.78. The Bertz CT molecular complexity index is 844. The number of hydrogen-bond acceptors (Lipinski definition) is 7. The first-order valence-corrected chi connectivity index (χ1v) is 11.0. The number of hydrogen-bond donors (Lipinski definition) is 1. The van der Waals surface area contributed by atoms with Crippen molar-refractivity contribution in [3.05, 3.63) is 52.2 Å². The van der Waals surface area contributed by atoms with E-state index >= 15 is 0 Å². The molecule has 2 aromatic rings. The minimum absolute atomic E-state index is 0.0516. The molecule has 1 aliphatic heterocycles. The molecule has 146 valence electrons. The van der Waals surface area contributed by atoms with Crippen LogP contribution in [0, 0.1) is 0 Å². The molecule has 2 heterocycles. The molecule has 1 aliphatic rings. The van der Waals surface area contributed by atoms with Crippen LogP contribution in [0.25, 0.3) is 0 Å². The predicted molar refractivity (Wildman–Crippen MR) is 102 cm³/mol. The minimum Gasteiger partial charge on any atom is -0.465 e. The van der Waals surface area contributed by atoms with Crippen LogP contribution in [0.15, 0.2) is 46.0 Å². The molecule has 0 aliphatic carbocycles. The highest BCUT2D eigenvalue weighted by atomic mass is 32.2. The van der Waals surface area contributed by atoms with Crippen molar-refractivity contribution in [1.29, 1.82) is 0 Å². The van der Waals surface area contributed by atoms with Gasteiger partial charge in [-0.1, -0.05) is 0 Å². The monoisotopic (exact) mass is 410 g/mol. The molecule has 0 bridgehead atoms. The molecule has 1 unspecified atom stereocenters. The van der Waals surface area contributed by atoms with Crippen LogP contribution in [-0.4, -0.2) is 59.2 Å². The summed E-state index contributed by atoms with van der Waals surface area (Å²) in [7, 11) is -2.41. The molecule has 27 heavy (non-hydrogen) atoms. The summed E-state index contributed by atoms with van der Waals surface area (Å²) in [6.45, 7) is 3.06. The summed E-state index contributed by atoms with van der Waals surface area (Å²) < 4.78 is 38.1. The lowest BCUT2D eigenvalue weighted by atomic mass is 10.1. The van der Waals surface area contributed by atoms with E-state index in [1.807, 2.05) is 16.8 Å². The van der Waals surface area contributed by atoms with Crippen molar-refractivity contribution in [2.45, 2.75) is 10.9 Å². The van der Waals surface area contributed by atoms with E-state index < -0.39 is 16.0 Å². The van der Waals surface area contributed by atoms with Crippen LogP contribution in [0.5, 0.6) is 0 Å². The van der Waals surface area contributed by atoms with Gasteiger partial charge in [-0.25, -0.2) is 17.9 Å². The highest BCUT2D eigenvalue weighted by molar-refractivity contribution is 7.89. The number of nitrogens with zero attached hydrogens (tertiary/aromatic N) is 1. The molecule has 1 aromatic heterocycles. The van der Waals surface area contributed by atoms with Crippen molar-refractivity contribution < 1.29 is 22.7 Å². The Kier molecular flexibility index (Phi) is 6.61. The van der Waals surface area contributed by atoms with Crippen molar-refractivity contribution >= 4 is 27.3 Å². The number of thiophene rings is 1. The van der Waals surface area contributed by atoms with Crippen LogP contribution in [0.2, 0.25) is 0 Å². The zero-order valence-electron chi connectivity index (χ0n) is 15.0. The average molecular weight is 411 g/mol. The fourth-order valence-corrected chi connectivity index (χ4v) is 4.72. The van der Waals surface area contributed by atoms with Crippen molar-refractivity contribution in [2.24, 2.45) is 0 Å². The lowest BCUT2D eigenvalue weighted by Gasteiger charge is -2.34. The fourth-order valence-electron chi connectivity index (χ4n) is 2.97. The molecule has 1 fully saturated rings.